The molecule has 1 heterocycles. The third-order valence-electron chi connectivity index (χ3n) is 3.14. The average molecular weight is 285 g/mol. The van der Waals surface area contributed by atoms with Gasteiger partial charge in [-0.25, -0.2) is 0 Å². The number of likely N-dealkylation sites (tertiary alicyclic amines) is 1. The van der Waals surface area contributed by atoms with Gasteiger partial charge in [-0.15, -0.1) is 0 Å². The minimum absolute atomic E-state index is 0.0222. The number of aliphatic hydroxyl groups is 1. The third kappa shape index (κ3) is 3.78. The second-order valence-electron chi connectivity index (χ2n) is 4.36. The number of rotatable bonds is 4. The van der Waals surface area contributed by atoms with Crippen LogP contribution in [0.1, 0.15) is 26.2 Å². The zero-order valence-corrected chi connectivity index (χ0v) is 11.1. The van der Waals surface area contributed by atoms with Crippen molar-refractivity contribution in [2.45, 2.75) is 38.0 Å². The molecular weight excluding hydrogens is 267 g/mol. The number of halogens is 3. The minimum atomic E-state index is -4.61. The van der Waals surface area contributed by atoms with Gasteiger partial charge in [0.05, 0.1) is 0 Å². The van der Waals surface area contributed by atoms with Crippen molar-refractivity contribution in [1.29, 1.82) is 0 Å². The van der Waals surface area contributed by atoms with E-state index < -0.39 is 24.6 Å². The Bertz CT molecular complexity index is 289. The molecule has 1 amide bonds. The van der Waals surface area contributed by atoms with Gasteiger partial charge in [-0.2, -0.15) is 24.9 Å². The van der Waals surface area contributed by atoms with E-state index in [1.165, 1.54) is 4.90 Å². The SMILES string of the molecule is CCSCCC(=O)N1CCC(O)(C(F)(F)F)CC1. The molecule has 0 atom stereocenters. The van der Waals surface area contributed by atoms with E-state index in [4.69, 9.17) is 0 Å². The number of hydrogen-bond acceptors (Lipinski definition) is 3. The summed E-state index contributed by atoms with van der Waals surface area (Å²) in [5.74, 6) is 1.48. The van der Waals surface area contributed by atoms with E-state index in [0.717, 1.165) is 5.75 Å². The summed E-state index contributed by atoms with van der Waals surface area (Å²) in [4.78, 5) is 13.1. The van der Waals surface area contributed by atoms with Crippen LogP contribution in [-0.4, -0.2) is 52.3 Å². The van der Waals surface area contributed by atoms with E-state index >= 15 is 0 Å². The molecule has 0 aromatic heterocycles. The summed E-state index contributed by atoms with van der Waals surface area (Å²) in [6.45, 7) is 1.94. The Morgan fingerprint density at radius 2 is 1.94 bits per heavy atom. The molecule has 7 heteroatoms. The van der Waals surface area contributed by atoms with Crippen LogP contribution in [0.25, 0.3) is 0 Å². The summed E-state index contributed by atoms with van der Waals surface area (Å²) in [5.41, 5.74) is -2.62. The number of carbonyl (C=O) groups is 1. The van der Waals surface area contributed by atoms with Crippen LogP contribution < -0.4 is 0 Å². The second kappa shape index (κ2) is 6.14. The van der Waals surface area contributed by atoms with E-state index in [1.807, 2.05) is 6.92 Å². The van der Waals surface area contributed by atoms with Crippen molar-refractivity contribution < 1.29 is 23.1 Å². The number of nitrogens with zero attached hydrogens (tertiary/aromatic N) is 1. The van der Waals surface area contributed by atoms with Gasteiger partial charge in [0.2, 0.25) is 5.91 Å². The summed E-state index contributed by atoms with van der Waals surface area (Å²) in [6, 6.07) is 0. The van der Waals surface area contributed by atoms with E-state index in [-0.39, 0.29) is 19.0 Å². The Morgan fingerprint density at radius 1 is 1.39 bits per heavy atom. The first-order chi connectivity index (χ1) is 8.30. The average Bonchev–Trinajstić information content (AvgIpc) is 2.28. The van der Waals surface area contributed by atoms with Gasteiger partial charge < -0.3 is 10.0 Å². The quantitative estimate of drug-likeness (QED) is 0.804. The van der Waals surface area contributed by atoms with E-state index in [2.05, 4.69) is 0 Å². The molecule has 1 fully saturated rings. The van der Waals surface area contributed by atoms with Crippen molar-refractivity contribution in [3.05, 3.63) is 0 Å². The molecule has 106 valence electrons. The largest absolute Gasteiger partial charge is 0.417 e. The Labute approximate surface area is 109 Å². The fraction of sp³-hybridized carbons (Fsp3) is 0.909. The molecule has 0 saturated carbocycles. The summed E-state index contributed by atoms with van der Waals surface area (Å²) < 4.78 is 37.6. The molecule has 0 unspecified atom stereocenters. The first-order valence-corrected chi connectivity index (χ1v) is 7.10. The molecule has 1 aliphatic rings. The highest BCUT2D eigenvalue weighted by Gasteiger charge is 2.54. The van der Waals surface area contributed by atoms with Crippen LogP contribution in [0, 0.1) is 0 Å². The van der Waals surface area contributed by atoms with E-state index in [9.17, 15) is 23.1 Å². The molecule has 0 spiro atoms. The highest BCUT2D eigenvalue weighted by Crippen LogP contribution is 2.38. The Balaban J connectivity index is 2.42. The van der Waals surface area contributed by atoms with Crippen molar-refractivity contribution in [2.75, 3.05) is 24.6 Å². The molecule has 18 heavy (non-hydrogen) atoms. The smallest absolute Gasteiger partial charge is 0.380 e. The number of amides is 1. The van der Waals surface area contributed by atoms with Gasteiger partial charge in [0, 0.05) is 38.1 Å². The van der Waals surface area contributed by atoms with Gasteiger partial charge in [0.15, 0.2) is 5.60 Å². The normalized spacial score (nSPS) is 19.9. The Morgan fingerprint density at radius 3 is 2.39 bits per heavy atom. The van der Waals surface area contributed by atoms with Gasteiger partial charge in [0.25, 0.3) is 0 Å². The maximum atomic E-state index is 12.5. The molecule has 1 N–H and O–H groups in total. The maximum Gasteiger partial charge on any atom is 0.417 e. The third-order valence-corrected chi connectivity index (χ3v) is 4.04. The topological polar surface area (TPSA) is 40.5 Å². The summed E-state index contributed by atoms with van der Waals surface area (Å²) in [5, 5.41) is 9.45. The molecule has 0 aromatic carbocycles. The van der Waals surface area contributed by atoms with Gasteiger partial charge in [0.1, 0.15) is 0 Å². The molecule has 0 radical (unpaired) electrons. The lowest BCUT2D eigenvalue weighted by Gasteiger charge is -2.39. The minimum Gasteiger partial charge on any atom is -0.380 e. The van der Waals surface area contributed by atoms with Crippen LogP contribution in [0.3, 0.4) is 0 Å². The van der Waals surface area contributed by atoms with Crippen molar-refractivity contribution in [3.63, 3.8) is 0 Å². The molecule has 0 aromatic rings. The summed E-state index contributed by atoms with van der Waals surface area (Å²) >= 11 is 1.63. The van der Waals surface area contributed by atoms with Gasteiger partial charge >= 0.3 is 6.18 Å². The molecule has 0 aliphatic carbocycles. The lowest BCUT2D eigenvalue weighted by atomic mass is 9.90. The highest BCUT2D eigenvalue weighted by molar-refractivity contribution is 7.99. The predicted molar refractivity (Wildman–Crippen MR) is 64.4 cm³/mol. The maximum absolute atomic E-state index is 12.5. The standard InChI is InChI=1S/C11H18F3NO2S/c1-2-18-8-3-9(16)15-6-4-10(17,5-7-15)11(12,13)14/h17H,2-8H2,1H3. The van der Waals surface area contributed by atoms with Gasteiger partial charge in [-0.05, 0) is 5.75 Å². The lowest BCUT2D eigenvalue weighted by molar-refractivity contribution is -0.272. The van der Waals surface area contributed by atoms with Gasteiger partial charge in [-0.1, -0.05) is 6.92 Å². The van der Waals surface area contributed by atoms with Crippen molar-refractivity contribution in [1.82, 2.24) is 4.90 Å². The van der Waals surface area contributed by atoms with Crippen molar-refractivity contribution in [3.8, 4) is 0 Å². The highest BCUT2D eigenvalue weighted by atomic mass is 32.2. The van der Waals surface area contributed by atoms with Crippen LogP contribution in [-0.2, 0) is 4.79 Å². The fourth-order valence-electron chi connectivity index (χ4n) is 1.87. The molecule has 1 aliphatic heterocycles. The number of alkyl halides is 3. The Hall–Kier alpha value is -0.430. The van der Waals surface area contributed by atoms with Crippen molar-refractivity contribution >= 4 is 17.7 Å². The number of piperidine rings is 1. The lowest BCUT2D eigenvalue weighted by Crippen LogP contribution is -2.54. The zero-order chi connectivity index (χ0) is 13.8. The van der Waals surface area contributed by atoms with Crippen LogP contribution in [0.2, 0.25) is 0 Å². The molecule has 0 bridgehead atoms. The number of carbonyl (C=O) groups excluding carboxylic acids is 1. The van der Waals surface area contributed by atoms with E-state index in [0.29, 0.717) is 12.2 Å². The molecular formula is C11H18F3NO2S. The Kier molecular flexibility index (Phi) is 5.33. The second-order valence-corrected chi connectivity index (χ2v) is 5.75. The molecule has 1 rings (SSSR count). The first-order valence-electron chi connectivity index (χ1n) is 5.95. The number of hydrogen-bond donors (Lipinski definition) is 1. The first kappa shape index (κ1) is 15.6. The fourth-order valence-corrected chi connectivity index (χ4v) is 2.48. The van der Waals surface area contributed by atoms with Gasteiger partial charge in [-0.3, -0.25) is 4.79 Å². The van der Waals surface area contributed by atoms with Crippen molar-refractivity contribution in [2.24, 2.45) is 0 Å². The van der Waals surface area contributed by atoms with Crippen LogP contribution in [0.15, 0.2) is 0 Å². The zero-order valence-electron chi connectivity index (χ0n) is 10.3. The predicted octanol–water partition coefficient (Wildman–Crippen LogP) is 2.05. The molecule has 1 saturated heterocycles. The summed E-state index contributed by atoms with van der Waals surface area (Å²) in [7, 11) is 0. The number of thioether (sulfide) groups is 1. The monoisotopic (exact) mass is 285 g/mol. The van der Waals surface area contributed by atoms with Crippen LogP contribution >= 0.6 is 11.8 Å². The molecule has 3 nitrogen and oxygen atoms in total. The van der Waals surface area contributed by atoms with Crippen LogP contribution in [0.5, 0.6) is 0 Å². The van der Waals surface area contributed by atoms with Crippen LogP contribution in [0.4, 0.5) is 13.2 Å². The summed E-state index contributed by atoms with van der Waals surface area (Å²) in [6.07, 6.45) is -5.12. The van der Waals surface area contributed by atoms with E-state index in [1.54, 1.807) is 11.8 Å².